The topological polar surface area (TPSA) is 61.8 Å². The van der Waals surface area contributed by atoms with E-state index in [2.05, 4.69) is 5.32 Å². The molecule has 6 heteroatoms. The normalized spacial score (nSPS) is 17.2. The lowest BCUT2D eigenvalue weighted by atomic mass is 10.1. The van der Waals surface area contributed by atoms with Gasteiger partial charge in [0, 0.05) is 7.05 Å². The van der Waals surface area contributed by atoms with Gasteiger partial charge in [-0.3, -0.25) is 9.69 Å². The lowest BCUT2D eigenvalue weighted by Crippen LogP contribution is -2.25. The van der Waals surface area contributed by atoms with E-state index >= 15 is 0 Å². The molecule has 0 aliphatic carbocycles. The van der Waals surface area contributed by atoms with Crippen LogP contribution in [0.3, 0.4) is 0 Å². The van der Waals surface area contributed by atoms with Gasteiger partial charge in [-0.2, -0.15) is 0 Å². The second kappa shape index (κ2) is 4.66. The van der Waals surface area contributed by atoms with Crippen molar-refractivity contribution in [2.75, 3.05) is 14.2 Å². The fraction of sp³-hybridized carbons (Fsp3) is 0.167. The van der Waals surface area contributed by atoms with Crippen LogP contribution in [0.2, 0.25) is 0 Å². The fourth-order valence-electron chi connectivity index (χ4n) is 1.59. The highest BCUT2D eigenvalue weighted by Gasteiger charge is 2.26. The minimum Gasteiger partial charge on any atom is -0.504 e. The van der Waals surface area contributed by atoms with Crippen molar-refractivity contribution in [2.24, 2.45) is 0 Å². The van der Waals surface area contributed by atoms with Crippen LogP contribution in [-0.2, 0) is 4.79 Å². The lowest BCUT2D eigenvalue weighted by molar-refractivity contribution is -0.121. The van der Waals surface area contributed by atoms with Gasteiger partial charge in [0.05, 0.1) is 7.11 Å². The van der Waals surface area contributed by atoms with Crippen LogP contribution >= 0.6 is 12.2 Å². The maximum Gasteiger partial charge on any atom is 0.276 e. The number of phenolic OH excluding ortho intramolecular Hbond substituents is 1. The molecule has 1 aromatic rings. The second-order valence-corrected chi connectivity index (χ2v) is 4.17. The molecule has 1 fully saturated rings. The highest BCUT2D eigenvalue weighted by molar-refractivity contribution is 7.80. The fourth-order valence-corrected chi connectivity index (χ4v) is 1.78. The van der Waals surface area contributed by atoms with Gasteiger partial charge in [0.1, 0.15) is 5.70 Å². The van der Waals surface area contributed by atoms with Gasteiger partial charge < -0.3 is 15.2 Å². The molecule has 0 atom stereocenters. The number of hydrogen-bond donors (Lipinski definition) is 2. The highest BCUT2D eigenvalue weighted by Crippen LogP contribution is 2.27. The van der Waals surface area contributed by atoms with Crippen LogP contribution in [0.1, 0.15) is 5.56 Å². The van der Waals surface area contributed by atoms with Gasteiger partial charge in [-0.25, -0.2) is 0 Å². The first-order valence-corrected chi connectivity index (χ1v) is 5.61. The maximum atomic E-state index is 11.7. The zero-order chi connectivity index (χ0) is 13.3. The molecule has 0 radical (unpaired) electrons. The minimum absolute atomic E-state index is 0.0215. The third-order valence-electron chi connectivity index (χ3n) is 2.60. The molecular formula is C12H12N2O3S. The first-order chi connectivity index (χ1) is 8.52. The number of methoxy groups -OCH3 is 1. The molecule has 0 saturated carbocycles. The molecule has 94 valence electrons. The average molecular weight is 264 g/mol. The summed E-state index contributed by atoms with van der Waals surface area (Å²) in [6, 6.07) is 4.88. The number of carbonyl (C=O) groups excluding carboxylic acids is 1. The maximum absolute atomic E-state index is 11.7. The third-order valence-corrected chi connectivity index (χ3v) is 2.97. The van der Waals surface area contributed by atoms with E-state index < -0.39 is 0 Å². The number of ether oxygens (including phenoxy) is 1. The zero-order valence-corrected chi connectivity index (χ0v) is 10.7. The smallest absolute Gasteiger partial charge is 0.276 e. The third kappa shape index (κ3) is 2.14. The molecule has 2 N–H and O–H groups in total. The van der Waals surface area contributed by atoms with Gasteiger partial charge in [0.2, 0.25) is 0 Å². The summed E-state index contributed by atoms with van der Waals surface area (Å²) in [5, 5.41) is 12.8. The van der Waals surface area contributed by atoms with Crippen molar-refractivity contribution in [1.29, 1.82) is 0 Å². The number of thiocarbonyl (C=S) groups is 1. The summed E-state index contributed by atoms with van der Waals surface area (Å²) in [5.74, 6) is 0.207. The number of nitrogens with zero attached hydrogens (tertiary/aromatic N) is 1. The van der Waals surface area contributed by atoms with Crippen molar-refractivity contribution < 1.29 is 14.6 Å². The Hall–Kier alpha value is -2.08. The van der Waals surface area contributed by atoms with Crippen LogP contribution in [0.25, 0.3) is 6.08 Å². The Morgan fingerprint density at radius 3 is 2.72 bits per heavy atom. The molecule has 1 aliphatic heterocycles. The molecule has 1 saturated heterocycles. The molecule has 1 heterocycles. The van der Waals surface area contributed by atoms with Crippen LogP contribution in [0.4, 0.5) is 0 Å². The van der Waals surface area contributed by atoms with Gasteiger partial charge in [0.15, 0.2) is 16.6 Å². The molecule has 18 heavy (non-hydrogen) atoms. The number of rotatable bonds is 2. The molecule has 1 aromatic carbocycles. The molecular weight excluding hydrogens is 252 g/mol. The van der Waals surface area contributed by atoms with Gasteiger partial charge in [0.25, 0.3) is 5.91 Å². The Balaban J connectivity index is 2.32. The first-order valence-electron chi connectivity index (χ1n) is 5.20. The van der Waals surface area contributed by atoms with Crippen molar-refractivity contribution >= 4 is 29.3 Å². The largest absolute Gasteiger partial charge is 0.504 e. The monoisotopic (exact) mass is 264 g/mol. The Kier molecular flexibility index (Phi) is 3.20. The molecule has 1 amide bonds. The molecule has 0 bridgehead atoms. The number of amides is 1. The van der Waals surface area contributed by atoms with Crippen molar-refractivity contribution in [3.05, 3.63) is 29.5 Å². The van der Waals surface area contributed by atoms with E-state index in [4.69, 9.17) is 17.0 Å². The lowest BCUT2D eigenvalue weighted by Gasteiger charge is -2.04. The minimum atomic E-state index is -0.199. The first kappa shape index (κ1) is 12.4. The van der Waals surface area contributed by atoms with Crippen LogP contribution < -0.4 is 10.1 Å². The SMILES string of the molecule is COc1ccc(/C=C2/NC(=S)N(C)C2=O)cc1O. The van der Waals surface area contributed by atoms with E-state index in [1.165, 1.54) is 18.1 Å². The molecule has 5 nitrogen and oxygen atoms in total. The van der Waals surface area contributed by atoms with Gasteiger partial charge in [-0.1, -0.05) is 6.07 Å². The predicted molar refractivity (Wildman–Crippen MR) is 71.1 cm³/mol. The Morgan fingerprint density at radius 1 is 1.50 bits per heavy atom. The van der Waals surface area contributed by atoms with E-state index in [1.807, 2.05) is 0 Å². The van der Waals surface area contributed by atoms with Crippen molar-refractivity contribution in [3.8, 4) is 11.5 Å². The number of aromatic hydroxyl groups is 1. The van der Waals surface area contributed by atoms with Gasteiger partial charge in [-0.15, -0.1) is 0 Å². The number of benzene rings is 1. The second-order valence-electron chi connectivity index (χ2n) is 3.78. The summed E-state index contributed by atoms with van der Waals surface area (Å²) in [7, 11) is 3.08. The average Bonchev–Trinajstić information content (AvgIpc) is 2.57. The highest BCUT2D eigenvalue weighted by atomic mass is 32.1. The van der Waals surface area contributed by atoms with Crippen molar-refractivity contribution in [1.82, 2.24) is 10.2 Å². The summed E-state index contributed by atoms with van der Waals surface area (Å²) in [6.07, 6.45) is 1.62. The molecule has 1 aliphatic rings. The number of likely N-dealkylation sites (N-methyl/N-ethyl adjacent to an activating group) is 1. The van der Waals surface area contributed by atoms with E-state index in [-0.39, 0.29) is 11.7 Å². The number of carbonyl (C=O) groups is 1. The Morgan fingerprint density at radius 2 is 2.22 bits per heavy atom. The predicted octanol–water partition coefficient (Wildman–Crippen LogP) is 1.09. The van der Waals surface area contributed by atoms with E-state index in [0.29, 0.717) is 22.1 Å². The Bertz CT molecular complexity index is 554. The molecule has 0 unspecified atom stereocenters. The van der Waals surface area contributed by atoms with E-state index in [9.17, 15) is 9.90 Å². The van der Waals surface area contributed by atoms with Gasteiger partial charge >= 0.3 is 0 Å². The molecule has 0 spiro atoms. The van der Waals surface area contributed by atoms with Crippen molar-refractivity contribution in [3.63, 3.8) is 0 Å². The summed E-state index contributed by atoms with van der Waals surface area (Å²) in [5.41, 5.74) is 1.06. The van der Waals surface area contributed by atoms with E-state index in [1.54, 1.807) is 25.3 Å². The summed E-state index contributed by atoms with van der Waals surface area (Å²) in [6.45, 7) is 0. The number of phenols is 1. The summed E-state index contributed by atoms with van der Waals surface area (Å²) >= 11 is 4.96. The van der Waals surface area contributed by atoms with Crippen LogP contribution in [0.5, 0.6) is 11.5 Å². The number of hydrogen-bond acceptors (Lipinski definition) is 4. The number of nitrogens with one attached hydrogen (secondary N) is 1. The zero-order valence-electron chi connectivity index (χ0n) is 9.93. The van der Waals surface area contributed by atoms with E-state index in [0.717, 1.165) is 0 Å². The van der Waals surface area contributed by atoms with Gasteiger partial charge in [-0.05, 0) is 36.0 Å². The quantitative estimate of drug-likeness (QED) is 0.618. The standard InChI is InChI=1S/C12H12N2O3S/c1-14-11(16)8(13-12(14)18)5-7-3-4-10(17-2)9(15)6-7/h3-6,15H,1-2H3,(H,13,18)/b8-5+. The van der Waals surface area contributed by atoms with Crippen LogP contribution in [0, 0.1) is 0 Å². The summed E-state index contributed by atoms with van der Waals surface area (Å²) < 4.78 is 4.94. The summed E-state index contributed by atoms with van der Waals surface area (Å²) in [4.78, 5) is 13.1. The molecule has 2 rings (SSSR count). The Labute approximate surface area is 110 Å². The van der Waals surface area contributed by atoms with Crippen molar-refractivity contribution in [2.45, 2.75) is 0 Å². The van der Waals surface area contributed by atoms with Crippen LogP contribution in [0.15, 0.2) is 23.9 Å². The van der Waals surface area contributed by atoms with Crippen LogP contribution in [-0.4, -0.2) is 35.2 Å². The molecule has 0 aromatic heterocycles.